The Morgan fingerprint density at radius 1 is 1.25 bits per heavy atom. The summed E-state index contributed by atoms with van der Waals surface area (Å²) in [6, 6.07) is 14.3. The average Bonchev–Trinajstić information content (AvgIpc) is 3.26. The van der Waals surface area contributed by atoms with Gasteiger partial charge in [-0.1, -0.05) is 24.3 Å². The van der Waals surface area contributed by atoms with Gasteiger partial charge in [-0.2, -0.15) is 0 Å². The van der Waals surface area contributed by atoms with Gasteiger partial charge in [0.1, 0.15) is 0 Å². The fourth-order valence-corrected chi connectivity index (χ4v) is 3.05. The number of hydrogen-bond acceptors (Lipinski definition) is 4. The lowest BCUT2D eigenvalue weighted by atomic mass is 10.1. The van der Waals surface area contributed by atoms with Crippen molar-refractivity contribution in [1.29, 1.82) is 0 Å². The van der Waals surface area contributed by atoms with Crippen LogP contribution in [0, 0.1) is 0 Å². The standard InChI is InChI=1S/C22H30N4O2/c1-2-23-22(25-12-6-13-28-20-10-14-27-17-20)26-16-18-7-5-8-19(15-18)21-9-3-4-11-24-21/h3-5,7-9,11,15,20H,2,6,10,12-14,16-17H2,1H3,(H2,23,25,26). The quantitative estimate of drug-likeness (QED) is 0.396. The Labute approximate surface area is 167 Å². The second-order valence-corrected chi connectivity index (χ2v) is 6.75. The summed E-state index contributed by atoms with van der Waals surface area (Å²) < 4.78 is 11.1. The van der Waals surface area contributed by atoms with E-state index in [-0.39, 0.29) is 6.10 Å². The normalized spacial score (nSPS) is 16.9. The van der Waals surface area contributed by atoms with Gasteiger partial charge in [0.15, 0.2) is 5.96 Å². The zero-order valence-corrected chi connectivity index (χ0v) is 16.6. The Morgan fingerprint density at radius 2 is 2.21 bits per heavy atom. The molecule has 150 valence electrons. The lowest BCUT2D eigenvalue weighted by Gasteiger charge is -2.13. The first-order valence-corrected chi connectivity index (χ1v) is 10.1. The van der Waals surface area contributed by atoms with Crippen LogP contribution >= 0.6 is 0 Å². The van der Waals surface area contributed by atoms with Crippen molar-refractivity contribution in [2.75, 3.05) is 32.9 Å². The number of aromatic nitrogens is 1. The van der Waals surface area contributed by atoms with E-state index in [9.17, 15) is 0 Å². The number of aliphatic imine (C=N–C) groups is 1. The zero-order chi connectivity index (χ0) is 19.4. The minimum atomic E-state index is 0.272. The molecule has 6 nitrogen and oxygen atoms in total. The molecule has 1 aromatic carbocycles. The number of hydrogen-bond donors (Lipinski definition) is 2. The lowest BCUT2D eigenvalue weighted by Crippen LogP contribution is -2.38. The van der Waals surface area contributed by atoms with Gasteiger partial charge in [0.2, 0.25) is 0 Å². The number of nitrogens with one attached hydrogen (secondary N) is 2. The van der Waals surface area contributed by atoms with E-state index < -0.39 is 0 Å². The summed E-state index contributed by atoms with van der Waals surface area (Å²) in [5, 5.41) is 6.67. The summed E-state index contributed by atoms with van der Waals surface area (Å²) in [4.78, 5) is 9.13. The highest BCUT2D eigenvalue weighted by Gasteiger charge is 2.15. The van der Waals surface area contributed by atoms with Crippen LogP contribution in [0.1, 0.15) is 25.3 Å². The maximum atomic E-state index is 5.80. The van der Waals surface area contributed by atoms with Crippen molar-refractivity contribution in [2.24, 2.45) is 4.99 Å². The predicted molar refractivity (Wildman–Crippen MR) is 112 cm³/mol. The van der Waals surface area contributed by atoms with Crippen molar-refractivity contribution in [3.8, 4) is 11.3 Å². The first-order chi connectivity index (χ1) is 13.8. The molecule has 2 heterocycles. The topological polar surface area (TPSA) is 67.8 Å². The molecule has 0 spiro atoms. The van der Waals surface area contributed by atoms with E-state index in [2.05, 4.69) is 46.8 Å². The van der Waals surface area contributed by atoms with Gasteiger partial charge in [-0.25, -0.2) is 4.99 Å². The largest absolute Gasteiger partial charge is 0.379 e. The van der Waals surface area contributed by atoms with E-state index in [1.165, 1.54) is 0 Å². The highest BCUT2D eigenvalue weighted by atomic mass is 16.5. The molecule has 0 radical (unpaired) electrons. The Kier molecular flexibility index (Phi) is 8.27. The van der Waals surface area contributed by atoms with Crippen molar-refractivity contribution in [3.63, 3.8) is 0 Å². The van der Waals surface area contributed by atoms with E-state index >= 15 is 0 Å². The molecule has 1 unspecified atom stereocenters. The van der Waals surface area contributed by atoms with Crippen molar-refractivity contribution in [1.82, 2.24) is 15.6 Å². The van der Waals surface area contributed by atoms with Crippen LogP contribution in [0.15, 0.2) is 53.7 Å². The van der Waals surface area contributed by atoms with Gasteiger partial charge in [-0.3, -0.25) is 4.98 Å². The molecule has 6 heteroatoms. The number of benzene rings is 1. The number of rotatable bonds is 9. The summed E-state index contributed by atoms with van der Waals surface area (Å²) in [6.07, 6.45) is 4.04. The van der Waals surface area contributed by atoms with E-state index in [0.717, 1.165) is 68.5 Å². The van der Waals surface area contributed by atoms with Crippen molar-refractivity contribution in [3.05, 3.63) is 54.2 Å². The maximum Gasteiger partial charge on any atom is 0.191 e. The number of nitrogens with zero attached hydrogens (tertiary/aromatic N) is 2. The summed E-state index contributed by atoms with van der Waals surface area (Å²) in [6.45, 7) is 6.64. The lowest BCUT2D eigenvalue weighted by molar-refractivity contribution is 0.0420. The number of ether oxygens (including phenoxy) is 2. The third-order valence-electron chi connectivity index (χ3n) is 4.51. The van der Waals surface area contributed by atoms with Crippen LogP contribution in [0.3, 0.4) is 0 Å². The van der Waals surface area contributed by atoms with E-state index in [1.807, 2.05) is 24.4 Å². The van der Waals surface area contributed by atoms with Gasteiger partial charge in [-0.15, -0.1) is 0 Å². The van der Waals surface area contributed by atoms with Gasteiger partial charge in [-0.05, 0) is 43.5 Å². The van der Waals surface area contributed by atoms with E-state index in [4.69, 9.17) is 14.5 Å². The molecule has 1 aliphatic heterocycles. The van der Waals surface area contributed by atoms with Gasteiger partial charge in [0.05, 0.1) is 24.9 Å². The monoisotopic (exact) mass is 382 g/mol. The Bertz CT molecular complexity index is 730. The molecule has 0 aliphatic carbocycles. The van der Waals surface area contributed by atoms with Crippen molar-refractivity contribution >= 4 is 5.96 Å². The Morgan fingerprint density at radius 3 is 3.00 bits per heavy atom. The van der Waals surface area contributed by atoms with Gasteiger partial charge < -0.3 is 20.1 Å². The van der Waals surface area contributed by atoms with Gasteiger partial charge in [0, 0.05) is 38.1 Å². The van der Waals surface area contributed by atoms with Crippen LogP contribution in [0.5, 0.6) is 0 Å². The molecule has 1 aromatic heterocycles. The number of guanidine groups is 1. The minimum absolute atomic E-state index is 0.272. The SMILES string of the molecule is CCNC(=NCc1cccc(-c2ccccn2)c1)NCCCOC1CCOC1. The van der Waals surface area contributed by atoms with Crippen LogP contribution in [0.4, 0.5) is 0 Å². The highest BCUT2D eigenvalue weighted by Crippen LogP contribution is 2.18. The Hall–Kier alpha value is -2.44. The molecule has 1 saturated heterocycles. The van der Waals surface area contributed by atoms with Crippen LogP contribution in [0.25, 0.3) is 11.3 Å². The van der Waals surface area contributed by atoms with Crippen LogP contribution < -0.4 is 10.6 Å². The summed E-state index contributed by atoms with van der Waals surface area (Å²) in [7, 11) is 0. The van der Waals surface area contributed by atoms with Gasteiger partial charge >= 0.3 is 0 Å². The molecule has 1 atom stereocenters. The third-order valence-corrected chi connectivity index (χ3v) is 4.51. The predicted octanol–water partition coefficient (Wildman–Crippen LogP) is 3.00. The first kappa shape index (κ1) is 20.3. The van der Waals surface area contributed by atoms with Crippen molar-refractivity contribution in [2.45, 2.75) is 32.4 Å². The van der Waals surface area contributed by atoms with Gasteiger partial charge in [0.25, 0.3) is 0 Å². The second-order valence-electron chi connectivity index (χ2n) is 6.75. The molecule has 2 N–H and O–H groups in total. The molecular formula is C22H30N4O2. The third kappa shape index (κ3) is 6.62. The van der Waals surface area contributed by atoms with E-state index in [0.29, 0.717) is 6.54 Å². The van der Waals surface area contributed by atoms with Crippen LogP contribution in [-0.2, 0) is 16.0 Å². The molecule has 2 aromatic rings. The molecule has 1 fully saturated rings. The fraction of sp³-hybridized carbons (Fsp3) is 0.455. The summed E-state index contributed by atoms with van der Waals surface area (Å²) in [5.41, 5.74) is 3.25. The van der Waals surface area contributed by atoms with Crippen molar-refractivity contribution < 1.29 is 9.47 Å². The van der Waals surface area contributed by atoms with Crippen LogP contribution in [-0.4, -0.2) is 50.0 Å². The maximum absolute atomic E-state index is 5.80. The second kappa shape index (κ2) is 11.4. The number of pyridine rings is 1. The zero-order valence-electron chi connectivity index (χ0n) is 16.6. The molecular weight excluding hydrogens is 352 g/mol. The van der Waals surface area contributed by atoms with E-state index in [1.54, 1.807) is 0 Å². The highest BCUT2D eigenvalue weighted by molar-refractivity contribution is 5.79. The molecule has 1 aliphatic rings. The molecule has 0 amide bonds. The van der Waals surface area contributed by atoms with Crippen LogP contribution in [0.2, 0.25) is 0 Å². The smallest absolute Gasteiger partial charge is 0.191 e. The fourth-order valence-electron chi connectivity index (χ4n) is 3.05. The molecule has 0 saturated carbocycles. The molecule has 3 rings (SSSR count). The first-order valence-electron chi connectivity index (χ1n) is 10.1. The summed E-state index contributed by atoms with van der Waals surface area (Å²) >= 11 is 0. The molecule has 0 bridgehead atoms. The Balaban J connectivity index is 1.48. The summed E-state index contributed by atoms with van der Waals surface area (Å²) in [5.74, 6) is 0.829. The average molecular weight is 383 g/mol. The molecule has 28 heavy (non-hydrogen) atoms. The minimum Gasteiger partial charge on any atom is -0.379 e.